The van der Waals surface area contributed by atoms with Crippen molar-refractivity contribution in [2.75, 3.05) is 26.7 Å². The van der Waals surface area contributed by atoms with Gasteiger partial charge in [0, 0.05) is 20.0 Å². The first-order valence-electron chi connectivity index (χ1n) is 19.8. The average Bonchev–Trinajstić information content (AvgIpc) is 3.20. The molecule has 15 heteroatoms. The highest BCUT2D eigenvalue weighted by atomic mass is 19.1. The summed E-state index contributed by atoms with van der Waals surface area (Å²) in [5, 5.41) is 16.8. The van der Waals surface area contributed by atoms with Crippen LogP contribution < -0.4 is 15.4 Å². The van der Waals surface area contributed by atoms with Crippen molar-refractivity contribution in [2.45, 2.75) is 110 Å². The molecule has 0 aliphatic carbocycles. The number of aryl methyl sites for hydroxylation is 1. The van der Waals surface area contributed by atoms with E-state index in [1.165, 1.54) is 38.2 Å². The normalized spacial score (nSPS) is 13.2. The summed E-state index contributed by atoms with van der Waals surface area (Å²) in [7, 11) is 1.28. The van der Waals surface area contributed by atoms with E-state index in [4.69, 9.17) is 18.9 Å². The highest BCUT2D eigenvalue weighted by molar-refractivity contribution is 5.92. The van der Waals surface area contributed by atoms with E-state index in [-0.39, 0.29) is 26.2 Å². The number of unbranched alkanes of at least 4 members (excludes halogenated alkanes) is 1. The summed E-state index contributed by atoms with van der Waals surface area (Å²) in [6, 6.07) is 19.7. The molecule has 3 aromatic rings. The Hall–Kier alpha value is -5.70. The number of benzene rings is 3. The molecule has 0 aromatic heterocycles. The smallest absolute Gasteiger partial charge is 0.412 e. The number of esters is 1. The maximum absolute atomic E-state index is 13.8. The Morgan fingerprint density at radius 3 is 2.19 bits per heavy atom. The molecule has 0 spiro atoms. The van der Waals surface area contributed by atoms with Gasteiger partial charge in [0.05, 0.1) is 13.2 Å². The van der Waals surface area contributed by atoms with Gasteiger partial charge in [-0.2, -0.15) is 0 Å². The Morgan fingerprint density at radius 1 is 0.864 bits per heavy atom. The summed E-state index contributed by atoms with van der Waals surface area (Å²) in [6.45, 7) is 10.3. The minimum Gasteiger partial charge on any atom is -0.489 e. The molecule has 3 N–H and O–H groups in total. The van der Waals surface area contributed by atoms with Gasteiger partial charge < -0.3 is 39.6 Å². The zero-order valence-electron chi connectivity index (χ0n) is 35.1. The van der Waals surface area contributed by atoms with Crippen LogP contribution in [0.3, 0.4) is 0 Å². The summed E-state index contributed by atoms with van der Waals surface area (Å²) in [5.41, 5.74) is 1.28. The zero-order chi connectivity index (χ0) is 43.5. The van der Waals surface area contributed by atoms with Crippen LogP contribution in [-0.4, -0.2) is 102 Å². The second-order valence-electron chi connectivity index (χ2n) is 15.2. The molecule has 322 valence electrons. The molecule has 0 saturated heterocycles. The number of carbonyl (C=O) groups is 5. The first kappa shape index (κ1) is 47.7. The molecule has 3 rings (SSSR count). The molecule has 0 aliphatic heterocycles. The molecular weight excluding hydrogens is 764 g/mol. The second-order valence-corrected chi connectivity index (χ2v) is 15.2. The van der Waals surface area contributed by atoms with Gasteiger partial charge in [0.15, 0.2) is 0 Å². The largest absolute Gasteiger partial charge is 0.489 e. The van der Waals surface area contributed by atoms with E-state index in [0.29, 0.717) is 37.1 Å². The van der Waals surface area contributed by atoms with Crippen molar-refractivity contribution < 1.29 is 52.4 Å². The second kappa shape index (κ2) is 23.6. The Bertz CT molecular complexity index is 1810. The van der Waals surface area contributed by atoms with Crippen molar-refractivity contribution in [3.8, 4) is 5.75 Å². The van der Waals surface area contributed by atoms with Gasteiger partial charge in [0.25, 0.3) is 5.91 Å². The van der Waals surface area contributed by atoms with Gasteiger partial charge in [-0.1, -0.05) is 74.0 Å². The molecule has 0 bridgehead atoms. The Balaban J connectivity index is 1.66. The summed E-state index contributed by atoms with van der Waals surface area (Å²) in [6.07, 6.45) is -1.89. The number of halogens is 1. The molecule has 3 aromatic carbocycles. The van der Waals surface area contributed by atoms with Crippen LogP contribution in [-0.2, 0) is 48.0 Å². The molecule has 0 unspecified atom stereocenters. The number of ether oxygens (including phenoxy) is 4. The summed E-state index contributed by atoms with van der Waals surface area (Å²) >= 11 is 0. The number of carbonyl (C=O) groups excluding carboxylic acids is 5. The standard InChI is InChI=1S/C44H59FN4O10/c1-8-9-26-56-41(53)36(27-32-21-23-35(45)24-22-32)47-38(50)31(3)48(7)39(51)40(52)49(43(55)59-44(4,5)6)28-30(2)58-37-20-14-13-18-34(37)19-15-25-46-42(54)57-29-33-16-11-10-12-17-33/h10-14,16-18,20-24,30-31,36,40,52H,8-9,15,19,25-29H2,1-7H3,(H,46,54)(H,47,50)/t30-,31-,36-,40+/m1/s1. The van der Waals surface area contributed by atoms with Crippen LogP contribution in [0.25, 0.3) is 0 Å². The van der Waals surface area contributed by atoms with Gasteiger partial charge in [0.2, 0.25) is 12.1 Å². The fraction of sp³-hybridized carbons (Fsp3) is 0.477. The summed E-state index contributed by atoms with van der Waals surface area (Å²) in [4.78, 5) is 67.7. The third-order valence-electron chi connectivity index (χ3n) is 9.01. The molecule has 4 amide bonds. The molecule has 0 saturated carbocycles. The molecule has 0 aliphatic rings. The van der Waals surface area contributed by atoms with E-state index < -0.39 is 65.8 Å². The van der Waals surface area contributed by atoms with Crippen molar-refractivity contribution in [3.63, 3.8) is 0 Å². The highest BCUT2D eigenvalue weighted by Gasteiger charge is 2.37. The van der Waals surface area contributed by atoms with Crippen LogP contribution in [0, 0.1) is 5.82 Å². The fourth-order valence-electron chi connectivity index (χ4n) is 5.64. The molecule has 14 nitrogen and oxygen atoms in total. The molecule has 4 atom stereocenters. The number of hydrogen-bond donors (Lipinski definition) is 3. The Kier molecular flexibility index (Phi) is 19.1. The topological polar surface area (TPSA) is 173 Å². The number of hydrogen-bond acceptors (Lipinski definition) is 10. The Morgan fingerprint density at radius 2 is 1.53 bits per heavy atom. The van der Waals surface area contributed by atoms with Crippen LogP contribution in [0.1, 0.15) is 77.5 Å². The van der Waals surface area contributed by atoms with Gasteiger partial charge in [-0.25, -0.2) is 18.8 Å². The van der Waals surface area contributed by atoms with Gasteiger partial charge in [-0.3, -0.25) is 14.5 Å². The van der Waals surface area contributed by atoms with Crippen molar-refractivity contribution in [1.29, 1.82) is 0 Å². The number of para-hydroxylation sites is 1. The minimum absolute atomic E-state index is 0.00185. The number of nitrogens with one attached hydrogen (secondary N) is 2. The predicted octanol–water partition coefficient (Wildman–Crippen LogP) is 5.93. The monoisotopic (exact) mass is 822 g/mol. The molecule has 59 heavy (non-hydrogen) atoms. The van der Waals surface area contributed by atoms with E-state index in [1.54, 1.807) is 39.8 Å². The highest BCUT2D eigenvalue weighted by Crippen LogP contribution is 2.22. The van der Waals surface area contributed by atoms with Crippen LogP contribution in [0.4, 0.5) is 14.0 Å². The van der Waals surface area contributed by atoms with Crippen molar-refractivity contribution in [2.24, 2.45) is 0 Å². The van der Waals surface area contributed by atoms with Crippen LogP contribution in [0.5, 0.6) is 5.75 Å². The van der Waals surface area contributed by atoms with Crippen molar-refractivity contribution >= 4 is 30.0 Å². The molecule has 0 fully saturated rings. The summed E-state index contributed by atoms with van der Waals surface area (Å²) in [5.74, 6) is -2.38. The lowest BCUT2D eigenvalue weighted by Gasteiger charge is -2.35. The van der Waals surface area contributed by atoms with E-state index >= 15 is 0 Å². The molecular formula is C44H59FN4O10. The van der Waals surface area contributed by atoms with Crippen LogP contribution >= 0.6 is 0 Å². The average molecular weight is 823 g/mol. The lowest BCUT2D eigenvalue weighted by atomic mass is 10.1. The number of amides is 4. The van der Waals surface area contributed by atoms with Gasteiger partial charge in [-0.05, 0) is 88.8 Å². The van der Waals surface area contributed by atoms with Gasteiger partial charge in [0.1, 0.15) is 42.0 Å². The van der Waals surface area contributed by atoms with Crippen molar-refractivity contribution in [1.82, 2.24) is 20.4 Å². The zero-order valence-corrected chi connectivity index (χ0v) is 35.1. The number of aliphatic hydroxyl groups is 1. The van der Waals surface area contributed by atoms with E-state index in [1.807, 2.05) is 49.4 Å². The number of rotatable bonds is 21. The maximum Gasteiger partial charge on any atom is 0.412 e. The lowest BCUT2D eigenvalue weighted by molar-refractivity contribution is -0.155. The van der Waals surface area contributed by atoms with Crippen LogP contribution in [0.2, 0.25) is 0 Å². The first-order chi connectivity index (χ1) is 28.0. The fourth-order valence-corrected chi connectivity index (χ4v) is 5.64. The van der Waals surface area contributed by atoms with Gasteiger partial charge >= 0.3 is 18.2 Å². The van der Waals surface area contributed by atoms with E-state index in [9.17, 15) is 33.5 Å². The number of alkyl carbamates (subject to hydrolysis) is 1. The maximum atomic E-state index is 13.8. The van der Waals surface area contributed by atoms with E-state index in [2.05, 4.69) is 10.6 Å². The molecule has 0 radical (unpaired) electrons. The van der Waals surface area contributed by atoms with E-state index in [0.717, 1.165) is 27.3 Å². The minimum atomic E-state index is -2.09. The van der Waals surface area contributed by atoms with Crippen molar-refractivity contribution in [3.05, 3.63) is 101 Å². The summed E-state index contributed by atoms with van der Waals surface area (Å²) < 4.78 is 36.0. The third-order valence-corrected chi connectivity index (χ3v) is 9.01. The number of likely N-dealkylation sites (N-methyl/N-ethyl adjacent to an activating group) is 1. The Labute approximate surface area is 346 Å². The van der Waals surface area contributed by atoms with Crippen LogP contribution in [0.15, 0.2) is 78.9 Å². The predicted molar refractivity (Wildman–Crippen MR) is 219 cm³/mol. The third kappa shape index (κ3) is 16.6. The number of aliphatic hydroxyl groups excluding tert-OH is 1. The SMILES string of the molecule is CCCCOC(=O)[C@@H](Cc1ccc(F)cc1)NC(=O)[C@@H](C)N(C)C(=O)[C@H](O)N(C[C@@H](C)Oc1ccccc1CCCNC(=O)OCc1ccccc1)C(=O)OC(C)(C)C. The quantitative estimate of drug-likeness (QED) is 0.0507. The lowest BCUT2D eigenvalue weighted by Crippen LogP contribution is -2.58. The number of nitrogens with zero attached hydrogens (tertiary/aromatic N) is 2. The first-order valence-corrected chi connectivity index (χ1v) is 19.8. The molecule has 0 heterocycles. The van der Waals surface area contributed by atoms with Gasteiger partial charge in [-0.15, -0.1) is 0 Å².